The molecule has 8 atom stereocenters. The Morgan fingerprint density at radius 1 is 1.02 bits per heavy atom. The Labute approximate surface area is 255 Å². The van der Waals surface area contributed by atoms with Gasteiger partial charge in [0.05, 0.1) is 18.5 Å². The molecule has 7 nitrogen and oxygen atoms in total. The normalized spacial score (nSPS) is 36.5. The molecule has 0 aromatic carbocycles. The number of hydrogen-bond acceptors (Lipinski definition) is 7. The van der Waals surface area contributed by atoms with Crippen molar-refractivity contribution in [3.63, 3.8) is 0 Å². The molecule has 0 amide bonds. The van der Waals surface area contributed by atoms with Gasteiger partial charge in [-0.2, -0.15) is 0 Å². The zero-order valence-corrected chi connectivity index (χ0v) is 26.2. The smallest absolute Gasteiger partial charge is 0.321 e. The standard InChI is InChI=1S/C36H46O7/c1-7-8-9-10-11-12-13-14-15-16-17-18-42-33(40)35-31(34(35,5)6)29-21-26(22-37)20-27-28(19-23(2)30(27)39)36(29,41)24(3)32(35)43-25(4)38/h9-19,21,24,27-29,31-32,37,41H,7-8,20,22H2,1-6H3/b10-9-,12-11-,14-13-,16-15-,18-17-/t24-,27-,28+,29+,31-,32-,35+,36+/m1/s1. The highest BCUT2D eigenvalue weighted by Crippen LogP contribution is 2.80. The summed E-state index contributed by atoms with van der Waals surface area (Å²) in [6, 6.07) is 0. The van der Waals surface area contributed by atoms with E-state index in [0.29, 0.717) is 17.6 Å². The summed E-state index contributed by atoms with van der Waals surface area (Å²) >= 11 is 0. The minimum atomic E-state index is -1.48. The van der Waals surface area contributed by atoms with Crippen LogP contribution in [0.5, 0.6) is 0 Å². The lowest BCUT2D eigenvalue weighted by molar-refractivity contribution is -0.201. The third-order valence-electron chi connectivity index (χ3n) is 10.3. The molecule has 43 heavy (non-hydrogen) atoms. The molecule has 0 unspecified atom stereocenters. The Kier molecular flexibility index (Phi) is 9.67. The Morgan fingerprint density at radius 3 is 2.26 bits per heavy atom. The van der Waals surface area contributed by atoms with E-state index in [4.69, 9.17) is 9.47 Å². The number of esters is 2. The number of unbranched alkanes of at least 4 members (excludes halogenated alkanes) is 1. The highest BCUT2D eigenvalue weighted by atomic mass is 16.6. The van der Waals surface area contributed by atoms with Gasteiger partial charge in [0.25, 0.3) is 0 Å². The molecule has 0 bridgehead atoms. The number of carbonyl (C=O) groups excluding carboxylic acids is 3. The van der Waals surface area contributed by atoms with Gasteiger partial charge in [0.2, 0.25) is 0 Å². The van der Waals surface area contributed by atoms with Crippen molar-refractivity contribution in [1.29, 1.82) is 0 Å². The first-order valence-corrected chi connectivity index (χ1v) is 15.4. The van der Waals surface area contributed by atoms with Gasteiger partial charge in [0.1, 0.15) is 11.5 Å². The predicted molar refractivity (Wildman–Crippen MR) is 165 cm³/mol. The summed E-state index contributed by atoms with van der Waals surface area (Å²) in [6.45, 7) is 10.6. The van der Waals surface area contributed by atoms with Crippen LogP contribution in [0.4, 0.5) is 0 Å². The van der Waals surface area contributed by atoms with E-state index in [1.54, 1.807) is 26.0 Å². The van der Waals surface area contributed by atoms with Gasteiger partial charge in [-0.25, -0.2) is 0 Å². The van der Waals surface area contributed by atoms with Crippen LogP contribution in [0.3, 0.4) is 0 Å². The first-order chi connectivity index (χ1) is 20.4. The maximum Gasteiger partial charge on any atom is 0.321 e. The first-order valence-electron chi connectivity index (χ1n) is 15.4. The summed E-state index contributed by atoms with van der Waals surface area (Å²) in [7, 11) is 0. The van der Waals surface area contributed by atoms with Crippen LogP contribution in [0.15, 0.2) is 84.2 Å². The molecule has 0 radical (unpaired) electrons. The van der Waals surface area contributed by atoms with Crippen LogP contribution < -0.4 is 0 Å². The topological polar surface area (TPSA) is 110 Å². The van der Waals surface area contributed by atoms with Crippen molar-refractivity contribution in [2.45, 2.75) is 72.5 Å². The number of allylic oxidation sites excluding steroid dienone is 10. The van der Waals surface area contributed by atoms with Crippen LogP contribution in [0, 0.1) is 40.4 Å². The third kappa shape index (κ3) is 5.46. The van der Waals surface area contributed by atoms with Crippen LogP contribution in [-0.2, 0) is 23.9 Å². The van der Waals surface area contributed by atoms with Crippen molar-refractivity contribution >= 4 is 17.7 Å². The number of carbonyl (C=O) groups is 3. The quantitative estimate of drug-likeness (QED) is 0.145. The Balaban J connectivity index is 1.62. The zero-order valence-electron chi connectivity index (χ0n) is 26.2. The summed E-state index contributed by atoms with van der Waals surface area (Å²) in [5, 5.41) is 22.9. The van der Waals surface area contributed by atoms with Crippen LogP contribution in [0.25, 0.3) is 0 Å². The molecule has 0 aromatic heterocycles. The highest BCUT2D eigenvalue weighted by molar-refractivity contribution is 6.00. The number of fused-ring (bicyclic) bond motifs is 5. The average Bonchev–Trinajstić information content (AvgIpc) is 3.40. The maximum atomic E-state index is 14.0. The van der Waals surface area contributed by atoms with Crippen LogP contribution in [0.2, 0.25) is 0 Å². The molecule has 2 fully saturated rings. The molecule has 4 rings (SSSR count). The van der Waals surface area contributed by atoms with E-state index >= 15 is 0 Å². The minimum Gasteiger partial charge on any atom is -0.461 e. The van der Waals surface area contributed by atoms with Crippen molar-refractivity contribution in [3.05, 3.63) is 84.2 Å². The van der Waals surface area contributed by atoms with Gasteiger partial charge in [-0.15, -0.1) is 0 Å². The van der Waals surface area contributed by atoms with Gasteiger partial charge in [0, 0.05) is 30.6 Å². The minimum absolute atomic E-state index is 0.0474. The van der Waals surface area contributed by atoms with Crippen molar-refractivity contribution in [2.24, 2.45) is 40.4 Å². The number of aliphatic hydroxyl groups excluding tert-OH is 1. The Hall–Kier alpha value is -3.29. The van der Waals surface area contributed by atoms with Gasteiger partial charge in [0.15, 0.2) is 5.78 Å². The second-order valence-electron chi connectivity index (χ2n) is 12.9. The lowest BCUT2D eigenvalue weighted by Gasteiger charge is -2.51. The van der Waals surface area contributed by atoms with Crippen molar-refractivity contribution in [3.8, 4) is 0 Å². The van der Waals surface area contributed by atoms with Gasteiger partial charge < -0.3 is 19.7 Å². The van der Waals surface area contributed by atoms with Crippen molar-refractivity contribution in [2.75, 3.05) is 6.61 Å². The van der Waals surface area contributed by atoms with E-state index in [-0.39, 0.29) is 12.4 Å². The second-order valence-corrected chi connectivity index (χ2v) is 12.9. The molecule has 0 aliphatic heterocycles. The number of ether oxygens (including phenoxy) is 2. The van der Waals surface area contributed by atoms with E-state index in [2.05, 4.69) is 13.0 Å². The number of rotatable bonds is 10. The van der Waals surface area contributed by atoms with Crippen LogP contribution >= 0.6 is 0 Å². The lowest BCUT2D eigenvalue weighted by Crippen LogP contribution is -2.62. The van der Waals surface area contributed by atoms with E-state index in [0.717, 1.165) is 12.8 Å². The van der Waals surface area contributed by atoms with Crippen LogP contribution in [-0.4, -0.2) is 46.2 Å². The average molecular weight is 591 g/mol. The Bertz CT molecular complexity index is 1320. The highest BCUT2D eigenvalue weighted by Gasteiger charge is 2.88. The lowest BCUT2D eigenvalue weighted by atomic mass is 9.58. The number of hydrogen-bond donors (Lipinski definition) is 2. The van der Waals surface area contributed by atoms with Gasteiger partial charge in [-0.3, -0.25) is 14.4 Å². The molecular formula is C36H46O7. The van der Waals surface area contributed by atoms with E-state index in [1.165, 1.54) is 13.2 Å². The van der Waals surface area contributed by atoms with Crippen molar-refractivity contribution < 1.29 is 34.1 Å². The maximum absolute atomic E-state index is 14.0. The predicted octanol–water partition coefficient (Wildman–Crippen LogP) is 5.72. The number of aliphatic hydroxyl groups is 2. The monoisotopic (exact) mass is 590 g/mol. The molecule has 4 aliphatic carbocycles. The number of ketones is 1. The molecule has 7 heteroatoms. The Morgan fingerprint density at radius 2 is 1.65 bits per heavy atom. The van der Waals surface area contributed by atoms with Crippen LogP contribution in [0.1, 0.15) is 60.8 Å². The fourth-order valence-electron chi connectivity index (χ4n) is 8.25. The van der Waals surface area contributed by atoms with Gasteiger partial charge in [-0.05, 0) is 48.3 Å². The SMILES string of the molecule is CCC\C=C/C=C\C=C/C=C\C=C/OC(=O)[C@@]12[C@H](OC(C)=O)[C@@H](C)[C@@]3(O)[C@@H](C=C(CO)C[C@H]4C(=O)C(C)=C[C@@H]43)[C@@H]1C2(C)C. The molecule has 0 spiro atoms. The van der Waals surface area contributed by atoms with Crippen molar-refractivity contribution in [1.82, 2.24) is 0 Å². The summed E-state index contributed by atoms with van der Waals surface area (Å²) in [5.41, 5.74) is -2.17. The molecule has 2 saturated carbocycles. The fourth-order valence-corrected chi connectivity index (χ4v) is 8.25. The molecule has 0 aromatic rings. The zero-order chi connectivity index (χ0) is 31.6. The molecule has 2 N–H and O–H groups in total. The summed E-state index contributed by atoms with van der Waals surface area (Å²) < 4.78 is 11.6. The summed E-state index contributed by atoms with van der Waals surface area (Å²) in [6.07, 6.45) is 23.5. The second kappa shape index (κ2) is 12.7. The van der Waals surface area contributed by atoms with E-state index < -0.39 is 64.1 Å². The molecule has 0 saturated heterocycles. The molecule has 232 valence electrons. The van der Waals surface area contributed by atoms with E-state index in [1.807, 2.05) is 62.5 Å². The summed E-state index contributed by atoms with van der Waals surface area (Å²) in [5.74, 6) is -3.92. The third-order valence-corrected chi connectivity index (χ3v) is 10.3. The number of Topliss-reactive ketones (excluding diaryl/α,β-unsaturated/α-hetero) is 1. The largest absolute Gasteiger partial charge is 0.461 e. The summed E-state index contributed by atoms with van der Waals surface area (Å²) in [4.78, 5) is 39.6. The van der Waals surface area contributed by atoms with Gasteiger partial charge >= 0.3 is 11.9 Å². The molecular weight excluding hydrogens is 544 g/mol. The molecule has 0 heterocycles. The molecule has 4 aliphatic rings. The van der Waals surface area contributed by atoms with E-state index in [9.17, 15) is 24.6 Å². The first kappa shape index (κ1) is 32.6. The fraction of sp³-hybridized carbons (Fsp3) is 0.528. The van der Waals surface area contributed by atoms with Gasteiger partial charge in [-0.1, -0.05) is 94.9 Å².